The normalized spacial score (nSPS) is 19.6. The minimum atomic E-state index is -1.99. The first-order valence-electron chi connectivity index (χ1n) is 11.3. The van der Waals surface area contributed by atoms with E-state index >= 15 is 0 Å². The van der Waals surface area contributed by atoms with E-state index in [9.17, 15) is 24.6 Å². The van der Waals surface area contributed by atoms with Crippen molar-refractivity contribution in [3.63, 3.8) is 0 Å². The van der Waals surface area contributed by atoms with E-state index < -0.39 is 29.6 Å². The van der Waals surface area contributed by atoms with E-state index in [0.29, 0.717) is 4.88 Å². The summed E-state index contributed by atoms with van der Waals surface area (Å²) in [5.74, 6) is -1.98. The molecule has 0 bridgehead atoms. The van der Waals surface area contributed by atoms with E-state index in [1.165, 1.54) is 16.2 Å². The highest BCUT2D eigenvalue weighted by molar-refractivity contribution is 7.10. The van der Waals surface area contributed by atoms with Gasteiger partial charge in [0, 0.05) is 23.8 Å². The smallest absolute Gasteiger partial charge is 0.408 e. The first-order valence-corrected chi connectivity index (χ1v) is 12.1. The second kappa shape index (κ2) is 9.16. The first kappa shape index (κ1) is 23.1. The van der Waals surface area contributed by atoms with Crippen molar-refractivity contribution in [1.82, 2.24) is 10.2 Å². The number of ether oxygens (including phenoxy) is 1. The molecule has 3 N–H and O–H groups in total. The number of likely N-dealkylation sites (tertiary alicyclic amines) is 1. The number of benzene rings is 2. The van der Waals surface area contributed by atoms with E-state index in [4.69, 9.17) is 4.74 Å². The summed E-state index contributed by atoms with van der Waals surface area (Å²) in [5, 5.41) is 24.0. The third kappa shape index (κ3) is 4.28. The van der Waals surface area contributed by atoms with Crippen molar-refractivity contribution in [2.75, 3.05) is 19.7 Å². The van der Waals surface area contributed by atoms with Gasteiger partial charge in [-0.05, 0) is 33.7 Å². The van der Waals surface area contributed by atoms with Crippen LogP contribution in [0.25, 0.3) is 11.1 Å². The van der Waals surface area contributed by atoms with Gasteiger partial charge in [0.05, 0.1) is 6.54 Å². The molecular weight excluding hydrogens is 468 g/mol. The molecule has 2 unspecified atom stereocenters. The molecule has 1 aliphatic heterocycles. The molecule has 2 heterocycles. The topological polar surface area (TPSA) is 116 Å². The number of carboxylic acids is 1. The molecule has 1 aromatic heterocycles. The van der Waals surface area contributed by atoms with E-state index in [-0.39, 0.29) is 32.0 Å². The van der Waals surface area contributed by atoms with Crippen molar-refractivity contribution in [3.05, 3.63) is 82.0 Å². The van der Waals surface area contributed by atoms with Crippen LogP contribution in [0.1, 0.15) is 34.4 Å². The average molecular weight is 493 g/mol. The molecule has 0 saturated carbocycles. The summed E-state index contributed by atoms with van der Waals surface area (Å²) >= 11 is 1.29. The average Bonchev–Trinajstić information content (AvgIpc) is 3.60. The van der Waals surface area contributed by atoms with Crippen LogP contribution in [0.4, 0.5) is 4.79 Å². The summed E-state index contributed by atoms with van der Waals surface area (Å²) in [5.41, 5.74) is 2.40. The fourth-order valence-electron chi connectivity index (χ4n) is 4.81. The van der Waals surface area contributed by atoms with Crippen LogP contribution in [0.5, 0.6) is 0 Å². The van der Waals surface area contributed by atoms with Crippen LogP contribution in [0.3, 0.4) is 0 Å². The molecule has 2 amide bonds. The van der Waals surface area contributed by atoms with Crippen LogP contribution >= 0.6 is 11.3 Å². The molecule has 35 heavy (non-hydrogen) atoms. The summed E-state index contributed by atoms with van der Waals surface area (Å²) in [6, 6.07) is 18.5. The summed E-state index contributed by atoms with van der Waals surface area (Å²) in [7, 11) is 0. The fraction of sp³-hybridized carbons (Fsp3) is 0.269. The maximum absolute atomic E-state index is 13.2. The number of β-amino-alcohol motifs (C(OH)–C–C–N with tert-alkyl or cyclic N) is 1. The molecule has 2 aromatic carbocycles. The predicted molar refractivity (Wildman–Crippen MR) is 129 cm³/mol. The van der Waals surface area contributed by atoms with Crippen LogP contribution in [0.2, 0.25) is 0 Å². The lowest BCUT2D eigenvalue weighted by Gasteiger charge is -2.25. The molecule has 5 rings (SSSR count). The Hall–Kier alpha value is -3.69. The van der Waals surface area contributed by atoms with Crippen LogP contribution < -0.4 is 5.32 Å². The number of hydrogen-bond donors (Lipinski definition) is 3. The number of nitrogens with one attached hydrogen (secondary N) is 1. The Balaban J connectivity index is 1.30. The zero-order valence-corrected chi connectivity index (χ0v) is 19.5. The number of carboxylic acid groups (broad SMARTS) is 1. The molecule has 9 heteroatoms. The number of carbonyl (C=O) groups is 3. The third-order valence-electron chi connectivity index (χ3n) is 6.64. The van der Waals surface area contributed by atoms with E-state index in [1.807, 2.05) is 48.5 Å². The van der Waals surface area contributed by atoms with Gasteiger partial charge >= 0.3 is 12.1 Å². The van der Waals surface area contributed by atoms with Crippen molar-refractivity contribution in [1.29, 1.82) is 0 Å². The molecule has 1 fully saturated rings. The molecule has 8 nitrogen and oxygen atoms in total. The Bertz CT molecular complexity index is 1230. The van der Waals surface area contributed by atoms with Crippen molar-refractivity contribution >= 4 is 29.3 Å². The number of thiophene rings is 1. The quantitative estimate of drug-likeness (QED) is 0.486. The Kier molecular flexibility index (Phi) is 6.04. The molecule has 1 saturated heterocycles. The molecule has 180 valence electrons. The Labute approximate surface area is 205 Å². The maximum atomic E-state index is 13.2. The molecule has 2 aliphatic rings. The monoisotopic (exact) mass is 492 g/mol. The Morgan fingerprint density at radius 1 is 1.06 bits per heavy atom. The number of aliphatic hydroxyl groups is 1. The number of carbonyl (C=O) groups excluding carboxylic acids is 2. The van der Waals surface area contributed by atoms with Gasteiger partial charge in [-0.1, -0.05) is 54.6 Å². The summed E-state index contributed by atoms with van der Waals surface area (Å²) in [4.78, 5) is 39.3. The SMILES string of the molecule is O=C(NC(C(=O)N1CCC(O)(C(=O)O)C1)c1cccs1)OCC1c2ccccc2-c2ccccc21. The first-order chi connectivity index (χ1) is 16.9. The Morgan fingerprint density at radius 2 is 1.71 bits per heavy atom. The Morgan fingerprint density at radius 3 is 2.29 bits per heavy atom. The van der Waals surface area contributed by atoms with Gasteiger partial charge in [0.2, 0.25) is 0 Å². The zero-order chi connectivity index (χ0) is 24.6. The van der Waals surface area contributed by atoms with Crippen molar-refractivity contribution < 1.29 is 29.3 Å². The van der Waals surface area contributed by atoms with E-state index in [1.54, 1.807) is 17.5 Å². The van der Waals surface area contributed by atoms with Crippen LogP contribution in [0, 0.1) is 0 Å². The summed E-state index contributed by atoms with van der Waals surface area (Å²) in [6.07, 6.45) is -0.817. The fourth-order valence-corrected chi connectivity index (χ4v) is 5.57. The van der Waals surface area contributed by atoms with Crippen molar-refractivity contribution in [2.45, 2.75) is 24.0 Å². The van der Waals surface area contributed by atoms with E-state index in [0.717, 1.165) is 22.3 Å². The molecule has 2 atom stereocenters. The lowest BCUT2D eigenvalue weighted by molar-refractivity contribution is -0.157. The number of aliphatic carboxylic acids is 1. The summed E-state index contributed by atoms with van der Waals surface area (Å²) < 4.78 is 5.60. The predicted octanol–water partition coefficient (Wildman–Crippen LogP) is 3.38. The van der Waals surface area contributed by atoms with Gasteiger partial charge in [-0.25, -0.2) is 9.59 Å². The second-order valence-corrected chi connectivity index (χ2v) is 9.74. The second-order valence-electron chi connectivity index (χ2n) is 8.76. The molecular formula is C26H24N2O6S. The van der Waals surface area contributed by atoms with Gasteiger partial charge in [-0.2, -0.15) is 0 Å². The molecule has 0 radical (unpaired) electrons. The molecule has 3 aromatic rings. The van der Waals surface area contributed by atoms with Gasteiger partial charge in [0.25, 0.3) is 5.91 Å². The summed E-state index contributed by atoms with van der Waals surface area (Å²) in [6.45, 7) is -0.154. The van der Waals surface area contributed by atoms with Gasteiger partial charge in [-0.3, -0.25) is 4.79 Å². The van der Waals surface area contributed by atoms with Gasteiger partial charge in [0.1, 0.15) is 12.6 Å². The standard InChI is InChI=1S/C26H24N2O6S/c29-23(28-12-11-26(33,15-28)24(30)31)22(21-10-5-13-35-21)27-25(32)34-14-20-18-8-3-1-6-16(18)17-7-2-4-9-19(17)20/h1-10,13,20,22,33H,11-12,14-15H2,(H,27,32)(H,30,31). The van der Waals surface area contributed by atoms with Gasteiger partial charge in [0.15, 0.2) is 5.60 Å². The largest absolute Gasteiger partial charge is 0.479 e. The third-order valence-corrected chi connectivity index (χ3v) is 7.58. The number of fused-ring (bicyclic) bond motifs is 3. The van der Waals surface area contributed by atoms with Gasteiger partial charge in [-0.15, -0.1) is 11.3 Å². The van der Waals surface area contributed by atoms with Crippen LogP contribution in [-0.4, -0.2) is 58.4 Å². The van der Waals surface area contributed by atoms with Gasteiger partial charge < -0.3 is 25.2 Å². The van der Waals surface area contributed by atoms with E-state index in [2.05, 4.69) is 5.32 Å². The lowest BCUT2D eigenvalue weighted by Crippen LogP contribution is -2.46. The number of nitrogens with zero attached hydrogens (tertiary/aromatic N) is 1. The minimum Gasteiger partial charge on any atom is -0.479 e. The highest BCUT2D eigenvalue weighted by Gasteiger charge is 2.46. The number of rotatable bonds is 6. The van der Waals surface area contributed by atoms with Crippen LogP contribution in [0.15, 0.2) is 66.0 Å². The maximum Gasteiger partial charge on any atom is 0.408 e. The minimum absolute atomic E-state index is 0.0732. The van der Waals surface area contributed by atoms with Crippen molar-refractivity contribution in [2.24, 2.45) is 0 Å². The number of hydrogen-bond acceptors (Lipinski definition) is 6. The zero-order valence-electron chi connectivity index (χ0n) is 18.7. The number of alkyl carbamates (subject to hydrolysis) is 1. The lowest BCUT2D eigenvalue weighted by atomic mass is 9.98. The molecule has 1 aliphatic carbocycles. The molecule has 0 spiro atoms. The number of amides is 2. The highest BCUT2D eigenvalue weighted by atomic mass is 32.1. The van der Waals surface area contributed by atoms with Crippen LogP contribution in [-0.2, 0) is 14.3 Å². The van der Waals surface area contributed by atoms with Crippen molar-refractivity contribution in [3.8, 4) is 11.1 Å². The highest BCUT2D eigenvalue weighted by Crippen LogP contribution is 2.44.